The van der Waals surface area contributed by atoms with E-state index in [1.165, 1.54) is 5.56 Å². The SMILES string of the molecule is CN=CC(=CN)c1cc(C(C)C)cc([C@@H](C)NC(=O)c2cc(N3CC(NC)C3)ccc2C)c1. The molecule has 0 aromatic heterocycles. The molecule has 0 bridgehead atoms. The first kappa shape index (κ1) is 24.5. The Balaban J connectivity index is 1.84. The topological polar surface area (TPSA) is 82.7 Å². The fraction of sp³-hybridized carbons (Fsp3) is 0.407. The number of hydrogen-bond donors (Lipinski definition) is 3. The van der Waals surface area contributed by atoms with E-state index in [4.69, 9.17) is 5.73 Å². The first-order valence-corrected chi connectivity index (χ1v) is 11.6. The molecule has 2 aromatic rings. The second-order valence-electron chi connectivity index (χ2n) is 9.14. The van der Waals surface area contributed by atoms with Gasteiger partial charge in [0, 0.05) is 55.4 Å². The van der Waals surface area contributed by atoms with E-state index in [9.17, 15) is 4.79 Å². The van der Waals surface area contributed by atoms with Crippen LogP contribution in [0.3, 0.4) is 0 Å². The molecular weight excluding hydrogens is 410 g/mol. The molecule has 1 heterocycles. The lowest BCUT2D eigenvalue weighted by Gasteiger charge is -2.41. The second-order valence-corrected chi connectivity index (χ2v) is 9.14. The van der Waals surface area contributed by atoms with Gasteiger partial charge in [0.2, 0.25) is 0 Å². The zero-order valence-electron chi connectivity index (χ0n) is 20.6. The highest BCUT2D eigenvalue weighted by molar-refractivity contribution is 6.09. The van der Waals surface area contributed by atoms with Gasteiger partial charge in [-0.15, -0.1) is 0 Å². The number of hydrogen-bond acceptors (Lipinski definition) is 5. The predicted octanol–water partition coefficient (Wildman–Crippen LogP) is 4.02. The second kappa shape index (κ2) is 10.7. The third-order valence-electron chi connectivity index (χ3n) is 6.39. The highest BCUT2D eigenvalue weighted by atomic mass is 16.1. The Hall–Kier alpha value is -3.12. The van der Waals surface area contributed by atoms with E-state index in [1.54, 1.807) is 19.5 Å². The van der Waals surface area contributed by atoms with Gasteiger partial charge in [-0.2, -0.15) is 0 Å². The van der Waals surface area contributed by atoms with E-state index in [0.29, 0.717) is 17.5 Å². The average molecular weight is 448 g/mol. The molecule has 6 nitrogen and oxygen atoms in total. The molecule has 1 aliphatic rings. The van der Waals surface area contributed by atoms with Gasteiger partial charge in [0.25, 0.3) is 5.91 Å². The lowest BCUT2D eigenvalue weighted by atomic mass is 9.92. The molecule has 2 aromatic carbocycles. The van der Waals surface area contributed by atoms with Crippen molar-refractivity contribution in [3.05, 3.63) is 70.4 Å². The maximum Gasteiger partial charge on any atom is 0.252 e. The number of amides is 1. The number of benzene rings is 2. The molecule has 6 heteroatoms. The number of nitrogens with two attached hydrogens (primary N) is 1. The van der Waals surface area contributed by atoms with Crippen LogP contribution in [-0.4, -0.2) is 45.3 Å². The summed E-state index contributed by atoms with van der Waals surface area (Å²) in [4.78, 5) is 19.7. The van der Waals surface area contributed by atoms with Crippen molar-refractivity contribution in [2.75, 3.05) is 32.1 Å². The molecule has 1 fully saturated rings. The van der Waals surface area contributed by atoms with Gasteiger partial charge in [-0.1, -0.05) is 32.0 Å². The summed E-state index contributed by atoms with van der Waals surface area (Å²) >= 11 is 0. The van der Waals surface area contributed by atoms with Gasteiger partial charge >= 0.3 is 0 Å². The quantitative estimate of drug-likeness (QED) is 0.534. The molecular formula is C27H37N5O. The van der Waals surface area contributed by atoms with Crippen molar-refractivity contribution in [2.24, 2.45) is 10.7 Å². The zero-order valence-corrected chi connectivity index (χ0v) is 20.6. The van der Waals surface area contributed by atoms with E-state index in [0.717, 1.165) is 41.0 Å². The molecule has 0 unspecified atom stereocenters. The Labute approximate surface area is 198 Å². The van der Waals surface area contributed by atoms with Crippen molar-refractivity contribution in [3.63, 3.8) is 0 Å². The number of nitrogens with one attached hydrogen (secondary N) is 2. The monoisotopic (exact) mass is 447 g/mol. The van der Waals surface area contributed by atoms with Gasteiger partial charge in [0.05, 0.1) is 6.04 Å². The minimum atomic E-state index is -0.159. The Morgan fingerprint density at radius 1 is 1.15 bits per heavy atom. The Kier molecular flexibility index (Phi) is 7.92. The largest absolute Gasteiger partial charge is 0.404 e. The molecule has 33 heavy (non-hydrogen) atoms. The van der Waals surface area contributed by atoms with Crippen LogP contribution >= 0.6 is 0 Å². The number of allylic oxidation sites excluding steroid dienone is 1. The Bertz CT molecular complexity index is 1050. The van der Waals surface area contributed by atoms with Crippen LogP contribution < -0.4 is 21.3 Å². The van der Waals surface area contributed by atoms with Crippen molar-refractivity contribution in [1.29, 1.82) is 0 Å². The van der Waals surface area contributed by atoms with E-state index >= 15 is 0 Å². The number of carbonyl (C=O) groups excluding carboxylic acids is 1. The van der Waals surface area contributed by atoms with Crippen molar-refractivity contribution < 1.29 is 4.79 Å². The molecule has 176 valence electrons. The highest BCUT2D eigenvalue weighted by Gasteiger charge is 2.26. The number of carbonyl (C=O) groups is 1. The summed E-state index contributed by atoms with van der Waals surface area (Å²) in [6.07, 6.45) is 3.33. The number of rotatable bonds is 8. The fourth-order valence-corrected chi connectivity index (χ4v) is 4.06. The van der Waals surface area contributed by atoms with Crippen LogP contribution in [0.25, 0.3) is 5.57 Å². The van der Waals surface area contributed by atoms with Crippen molar-refractivity contribution in [1.82, 2.24) is 10.6 Å². The third-order valence-corrected chi connectivity index (χ3v) is 6.39. The van der Waals surface area contributed by atoms with E-state index in [-0.39, 0.29) is 11.9 Å². The van der Waals surface area contributed by atoms with E-state index in [1.807, 2.05) is 33.0 Å². The molecule has 4 N–H and O–H groups in total. The van der Waals surface area contributed by atoms with E-state index in [2.05, 4.69) is 58.6 Å². The van der Waals surface area contributed by atoms with Crippen LogP contribution in [0.2, 0.25) is 0 Å². The van der Waals surface area contributed by atoms with Gasteiger partial charge in [0.15, 0.2) is 0 Å². The van der Waals surface area contributed by atoms with E-state index < -0.39 is 0 Å². The molecule has 0 saturated carbocycles. The first-order valence-electron chi connectivity index (χ1n) is 11.6. The smallest absolute Gasteiger partial charge is 0.252 e. The van der Waals surface area contributed by atoms with Crippen LogP contribution in [0, 0.1) is 6.92 Å². The van der Waals surface area contributed by atoms with Gasteiger partial charge in [-0.05, 0) is 67.3 Å². The average Bonchev–Trinajstić information content (AvgIpc) is 2.77. The Morgan fingerprint density at radius 2 is 1.85 bits per heavy atom. The van der Waals surface area contributed by atoms with Gasteiger partial charge in [-0.3, -0.25) is 9.79 Å². The summed E-state index contributed by atoms with van der Waals surface area (Å²) in [6.45, 7) is 10.2. The normalized spacial score (nSPS) is 15.7. The third kappa shape index (κ3) is 5.63. The van der Waals surface area contributed by atoms with Crippen molar-refractivity contribution >= 4 is 23.4 Å². The maximum atomic E-state index is 13.3. The predicted molar refractivity (Wildman–Crippen MR) is 139 cm³/mol. The van der Waals surface area contributed by atoms with Crippen LogP contribution in [-0.2, 0) is 0 Å². The molecule has 0 radical (unpaired) electrons. The van der Waals surface area contributed by atoms with Gasteiger partial charge in [-0.25, -0.2) is 0 Å². The van der Waals surface area contributed by atoms with Crippen molar-refractivity contribution in [3.8, 4) is 0 Å². The van der Waals surface area contributed by atoms with Crippen LogP contribution in [0.4, 0.5) is 5.69 Å². The Morgan fingerprint density at radius 3 is 2.45 bits per heavy atom. The molecule has 1 amide bonds. The number of aryl methyl sites for hydroxylation is 1. The summed E-state index contributed by atoms with van der Waals surface area (Å²) in [5.74, 6) is 0.287. The lowest BCUT2D eigenvalue weighted by molar-refractivity contribution is 0.0939. The summed E-state index contributed by atoms with van der Waals surface area (Å²) in [6, 6.07) is 12.9. The minimum Gasteiger partial charge on any atom is -0.404 e. The lowest BCUT2D eigenvalue weighted by Crippen LogP contribution is -2.57. The molecule has 1 atom stereocenters. The summed E-state index contributed by atoms with van der Waals surface area (Å²) in [7, 11) is 3.72. The maximum absolute atomic E-state index is 13.3. The van der Waals surface area contributed by atoms with Gasteiger partial charge in [0.1, 0.15) is 0 Å². The highest BCUT2D eigenvalue weighted by Crippen LogP contribution is 2.27. The summed E-state index contributed by atoms with van der Waals surface area (Å²) in [5, 5.41) is 6.49. The molecule has 3 rings (SSSR count). The number of anilines is 1. The fourth-order valence-electron chi connectivity index (χ4n) is 4.06. The van der Waals surface area contributed by atoms with Gasteiger partial charge < -0.3 is 21.3 Å². The number of nitrogens with zero attached hydrogens (tertiary/aromatic N) is 2. The molecule has 1 aliphatic heterocycles. The molecule has 0 spiro atoms. The number of likely N-dealkylation sites (N-methyl/N-ethyl adjacent to an activating group) is 1. The summed E-state index contributed by atoms with van der Waals surface area (Å²) in [5.41, 5.74) is 12.7. The first-order chi connectivity index (χ1) is 15.8. The molecule has 1 saturated heterocycles. The molecule has 0 aliphatic carbocycles. The van der Waals surface area contributed by atoms with Crippen molar-refractivity contribution in [2.45, 2.75) is 45.7 Å². The standard InChI is InChI=1S/C27H37N5O/c1-17(2)20-9-21(11-22(10-20)23(13-28)14-29-5)19(4)31-27(33)26-12-25(8-7-18(26)3)32-15-24(16-32)30-6/h7-14,17,19,24,30H,15-16,28H2,1-6H3,(H,31,33)/t19-/m1/s1. The van der Waals surface area contributed by atoms with Crippen LogP contribution in [0.1, 0.15) is 65.3 Å². The summed E-state index contributed by atoms with van der Waals surface area (Å²) < 4.78 is 0. The van der Waals surface area contributed by atoms with Crippen LogP contribution in [0.15, 0.2) is 47.6 Å². The van der Waals surface area contributed by atoms with Crippen LogP contribution in [0.5, 0.6) is 0 Å². The zero-order chi connectivity index (χ0) is 24.1. The minimum absolute atomic E-state index is 0.0613. The number of aliphatic imine (C=N–C) groups is 1.